The van der Waals surface area contributed by atoms with Gasteiger partial charge in [0, 0.05) is 12.8 Å². The van der Waals surface area contributed by atoms with Gasteiger partial charge in [0.2, 0.25) is 5.91 Å². The molecule has 0 aliphatic carbocycles. The van der Waals surface area contributed by atoms with Gasteiger partial charge in [-0.3, -0.25) is 4.79 Å². The zero-order valence-electron chi connectivity index (χ0n) is 22.6. The zero-order chi connectivity index (χ0) is 27.0. The number of benzene rings is 3. The summed E-state index contributed by atoms with van der Waals surface area (Å²) in [6, 6.07) is 12.8. The van der Waals surface area contributed by atoms with E-state index < -0.39 is 0 Å². The number of hydrogen-bond donors (Lipinski definition) is 1. The third kappa shape index (κ3) is 4.50. The summed E-state index contributed by atoms with van der Waals surface area (Å²) in [5, 5.41) is 4.65. The van der Waals surface area contributed by atoms with Crippen molar-refractivity contribution in [1.29, 1.82) is 1.43 Å². The molecule has 36 heavy (non-hydrogen) atoms. The van der Waals surface area contributed by atoms with Gasteiger partial charge in [0.05, 0.1) is 18.1 Å². The molecule has 4 atom stereocenters. The maximum Gasteiger partial charge on any atom is 0.293 e. The Balaban J connectivity index is 1.71. The van der Waals surface area contributed by atoms with Gasteiger partial charge in [-0.05, 0) is 110 Å². The van der Waals surface area contributed by atoms with Crippen molar-refractivity contribution in [3.05, 3.63) is 93.5 Å². The molecule has 1 unspecified atom stereocenters. The quantitative estimate of drug-likeness (QED) is 0.342. The molecule has 0 bridgehead atoms. The summed E-state index contributed by atoms with van der Waals surface area (Å²) in [6.45, 7) is 9.41. The largest absolute Gasteiger partial charge is 0.508 e. The number of carbonyl (C=O) groups excluding carboxylic acids is 1. The molecular formula is C30H33F2NO3. The third-order valence-corrected chi connectivity index (χ3v) is 7.71. The minimum atomic E-state index is -0.350. The topological polar surface area (TPSA) is 49.8 Å². The molecule has 1 heterocycles. The van der Waals surface area contributed by atoms with Crippen LogP contribution in [0.15, 0.2) is 48.5 Å². The first-order valence-electron chi connectivity index (χ1n) is 12.6. The van der Waals surface area contributed by atoms with Crippen LogP contribution in [0.25, 0.3) is 0 Å². The number of phenolic OH excluding ortho intramolecular Hbond substituents is 1. The molecule has 6 heteroatoms. The van der Waals surface area contributed by atoms with Crippen LogP contribution in [0.3, 0.4) is 0 Å². The van der Waals surface area contributed by atoms with Crippen molar-refractivity contribution in [3.8, 4) is 5.75 Å². The minimum Gasteiger partial charge on any atom is -0.508 e. The fourth-order valence-corrected chi connectivity index (χ4v) is 5.53. The Kier molecular flexibility index (Phi) is 6.80. The number of rotatable bonds is 8. The Labute approximate surface area is 213 Å². The number of anilines is 1. The summed E-state index contributed by atoms with van der Waals surface area (Å²) < 4.78 is 41.0. The van der Waals surface area contributed by atoms with Crippen LogP contribution in [-0.2, 0) is 9.53 Å². The molecule has 0 spiro atoms. The number of aromatic hydroxyl groups is 1. The highest BCUT2D eigenvalue weighted by molar-refractivity contribution is 6.04. The Bertz CT molecular complexity index is 1330. The number of aryl methyl sites for hydroxylation is 2. The second kappa shape index (κ2) is 10.0. The van der Waals surface area contributed by atoms with Crippen LogP contribution in [-0.4, -0.2) is 19.6 Å². The molecule has 1 aliphatic heterocycles. The molecule has 0 saturated carbocycles. The van der Waals surface area contributed by atoms with Crippen LogP contribution in [0.5, 0.6) is 5.75 Å². The third-order valence-electron chi connectivity index (χ3n) is 7.71. The van der Waals surface area contributed by atoms with Crippen LogP contribution in [0, 0.1) is 51.2 Å². The summed E-state index contributed by atoms with van der Waals surface area (Å²) in [4.78, 5) is 15.5. The Morgan fingerprint density at radius 1 is 1.03 bits per heavy atom. The lowest BCUT2D eigenvalue weighted by Gasteiger charge is -2.51. The van der Waals surface area contributed by atoms with Crippen molar-refractivity contribution >= 4 is 11.6 Å². The maximum absolute atomic E-state index is 14.1. The van der Waals surface area contributed by atoms with Gasteiger partial charge < -0.3 is 14.7 Å². The van der Waals surface area contributed by atoms with E-state index in [0.717, 1.165) is 22.3 Å². The Morgan fingerprint density at radius 3 is 2.42 bits per heavy atom. The summed E-state index contributed by atoms with van der Waals surface area (Å²) in [5.41, 5.74) is 5.56. The van der Waals surface area contributed by atoms with Gasteiger partial charge in [-0.25, -0.2) is 8.78 Å². The number of amides is 1. The van der Waals surface area contributed by atoms with Gasteiger partial charge in [0.1, 0.15) is 17.4 Å². The number of hydrogen-bond acceptors (Lipinski definition) is 3. The summed E-state index contributed by atoms with van der Waals surface area (Å²) >= 11 is 0. The number of phenols is 1. The van der Waals surface area contributed by atoms with E-state index in [1.807, 2.05) is 26.8 Å². The molecule has 190 valence electrons. The normalized spacial score (nSPS) is 19.5. The number of methoxy groups -OCH3 is 1. The number of halogens is 2. The van der Waals surface area contributed by atoms with Crippen molar-refractivity contribution in [1.82, 2.24) is 0 Å². The second-order valence-electron chi connectivity index (χ2n) is 9.95. The lowest BCUT2D eigenvalue weighted by molar-refractivity contribution is -0.133. The zero-order valence-corrected chi connectivity index (χ0v) is 21.6. The molecule has 3 aromatic carbocycles. The lowest BCUT2D eigenvalue weighted by atomic mass is 9.71. The highest BCUT2D eigenvalue weighted by Gasteiger charge is 2.52. The van der Waals surface area contributed by atoms with Gasteiger partial charge in [0.25, 0.3) is 1.43 Å². The monoisotopic (exact) mass is 494 g/mol. The predicted octanol–water partition coefficient (Wildman–Crippen LogP) is 7.02. The Morgan fingerprint density at radius 2 is 1.78 bits per heavy atom. The number of nitrogens with zero attached hydrogens (tertiary/aromatic N) is 1. The van der Waals surface area contributed by atoms with E-state index in [1.54, 1.807) is 50.1 Å². The Hall–Kier alpha value is -3.25. The molecule has 1 N–H and O–H groups in total. The molecule has 1 fully saturated rings. The van der Waals surface area contributed by atoms with Crippen molar-refractivity contribution < 1.29 is 23.4 Å². The molecule has 4 rings (SSSR count). The second-order valence-corrected chi connectivity index (χ2v) is 9.95. The summed E-state index contributed by atoms with van der Waals surface area (Å²) in [5.74, 6) is -0.631. The smallest absolute Gasteiger partial charge is 0.293 e. The highest BCUT2D eigenvalue weighted by atomic mass is 19.1. The van der Waals surface area contributed by atoms with E-state index in [2.05, 4.69) is 5.11 Å². The first-order valence-corrected chi connectivity index (χ1v) is 12.2. The standard InChI is InChI=1S/C30H33F2NO3/c1-16-14-22(34)8-9-23(16)29-28(30(35)33(29)26-12-7-21(31)13-17(26)2)18(3)15-27(36-6)24-10-11-25(32)20(5)19(24)4/h7-14,18,27-29,34H,15H2,1-6H3/t18?,27-,28+,29+/m0/s1/i/hD. The molecule has 0 radical (unpaired) electrons. The fourth-order valence-electron chi connectivity index (χ4n) is 5.53. The highest BCUT2D eigenvalue weighted by Crippen LogP contribution is 2.50. The van der Waals surface area contributed by atoms with E-state index >= 15 is 0 Å². The van der Waals surface area contributed by atoms with Crippen LogP contribution < -0.4 is 4.90 Å². The SMILES string of the molecule is [2H]Oc1ccc([C@@H]2[C@@H](C(C)C[C@H](OC)c3ccc(F)c(C)c3C)C(=O)N2c2ccc(F)cc2C)c(C)c1. The summed E-state index contributed by atoms with van der Waals surface area (Å²) in [7, 11) is 1.63. The van der Waals surface area contributed by atoms with E-state index in [4.69, 9.17) is 6.17 Å². The minimum absolute atomic E-state index is 0.0331. The van der Waals surface area contributed by atoms with Crippen molar-refractivity contribution in [2.24, 2.45) is 11.8 Å². The first-order chi connectivity index (χ1) is 17.6. The van der Waals surface area contributed by atoms with Gasteiger partial charge in [-0.1, -0.05) is 19.1 Å². The predicted molar refractivity (Wildman–Crippen MR) is 137 cm³/mol. The molecule has 1 amide bonds. The molecule has 1 aliphatic rings. The van der Waals surface area contributed by atoms with Crippen LogP contribution in [0.1, 0.15) is 58.9 Å². The van der Waals surface area contributed by atoms with Crippen LogP contribution >= 0.6 is 0 Å². The average Bonchev–Trinajstić information content (AvgIpc) is 2.86. The van der Waals surface area contributed by atoms with Gasteiger partial charge >= 0.3 is 0 Å². The average molecular weight is 495 g/mol. The molecular weight excluding hydrogens is 460 g/mol. The summed E-state index contributed by atoms with van der Waals surface area (Å²) in [6.07, 6.45) is 0.267. The van der Waals surface area contributed by atoms with E-state index in [0.29, 0.717) is 29.0 Å². The van der Waals surface area contributed by atoms with E-state index in [-0.39, 0.29) is 41.5 Å². The van der Waals surface area contributed by atoms with Gasteiger partial charge in [0.15, 0.2) is 0 Å². The number of β-lactam (4-membered cyclic amide) rings is 1. The molecule has 0 aromatic heterocycles. The maximum atomic E-state index is 14.1. The molecule has 1 saturated heterocycles. The van der Waals surface area contributed by atoms with Crippen molar-refractivity contribution in [2.45, 2.75) is 53.2 Å². The molecule has 3 aromatic rings. The van der Waals surface area contributed by atoms with Crippen LogP contribution in [0.2, 0.25) is 0 Å². The van der Waals surface area contributed by atoms with Crippen LogP contribution in [0.4, 0.5) is 14.5 Å². The van der Waals surface area contributed by atoms with E-state index in [9.17, 15) is 13.6 Å². The number of ether oxygens (including phenoxy) is 1. The van der Waals surface area contributed by atoms with Crippen molar-refractivity contribution in [2.75, 3.05) is 12.0 Å². The van der Waals surface area contributed by atoms with E-state index in [1.165, 1.54) is 18.2 Å². The van der Waals surface area contributed by atoms with Crippen molar-refractivity contribution in [3.63, 3.8) is 0 Å². The lowest BCUT2D eigenvalue weighted by Crippen LogP contribution is -2.58. The van der Waals surface area contributed by atoms with Gasteiger partial charge in [-0.15, -0.1) is 0 Å². The first kappa shape index (κ1) is 24.4. The van der Waals surface area contributed by atoms with Gasteiger partial charge in [-0.2, -0.15) is 0 Å². The molecule has 4 nitrogen and oxygen atoms in total. The fraction of sp³-hybridized carbons (Fsp3) is 0.367. The number of carbonyl (C=O) groups is 1.